The smallest absolute Gasteiger partial charge is 0.347 e. The molecule has 0 heterocycles. The fourth-order valence-electron chi connectivity index (χ4n) is 1.74. The molecule has 1 aromatic rings. The van der Waals surface area contributed by atoms with Crippen molar-refractivity contribution in [2.75, 3.05) is 18.5 Å². The van der Waals surface area contributed by atoms with Crippen LogP contribution in [0.5, 0.6) is 0 Å². The topological polar surface area (TPSA) is 64.6 Å². The second-order valence-electron chi connectivity index (χ2n) is 4.92. The zero-order valence-electron chi connectivity index (χ0n) is 13.5. The van der Waals surface area contributed by atoms with Crippen molar-refractivity contribution in [1.29, 1.82) is 0 Å². The van der Waals surface area contributed by atoms with Crippen LogP contribution < -0.4 is 5.32 Å². The number of benzene rings is 1. The van der Waals surface area contributed by atoms with E-state index >= 15 is 0 Å². The molecule has 22 heavy (non-hydrogen) atoms. The first-order valence-electron chi connectivity index (χ1n) is 7.40. The normalized spacial score (nSPS) is 10.0. The summed E-state index contributed by atoms with van der Waals surface area (Å²) in [5.41, 5.74) is 1.83. The Bertz CT molecular complexity index is 512. The molecule has 5 nitrogen and oxygen atoms in total. The van der Waals surface area contributed by atoms with Gasteiger partial charge in [-0.2, -0.15) is 0 Å². The molecule has 0 aliphatic rings. The van der Waals surface area contributed by atoms with Crippen LogP contribution >= 0.6 is 0 Å². The molecule has 120 valence electrons. The molecule has 0 spiro atoms. The fourth-order valence-corrected chi connectivity index (χ4v) is 1.74. The zero-order valence-corrected chi connectivity index (χ0v) is 13.5. The van der Waals surface area contributed by atoms with Gasteiger partial charge in [0.1, 0.15) is 0 Å². The van der Waals surface area contributed by atoms with Crippen LogP contribution in [0.1, 0.15) is 39.2 Å². The highest BCUT2D eigenvalue weighted by Crippen LogP contribution is 2.17. The Morgan fingerprint density at radius 1 is 1.05 bits per heavy atom. The highest BCUT2D eigenvalue weighted by Gasteiger charge is 2.20. The molecule has 0 atom stereocenters. The third-order valence-corrected chi connectivity index (χ3v) is 2.95. The van der Waals surface area contributed by atoms with Crippen LogP contribution in [0, 0.1) is 0 Å². The van der Waals surface area contributed by atoms with Crippen LogP contribution in [0.25, 0.3) is 0 Å². The molecule has 0 unspecified atom stereocenters. The van der Waals surface area contributed by atoms with Crippen LogP contribution in [-0.2, 0) is 19.1 Å². The maximum Gasteiger partial charge on any atom is 0.347 e. The largest absolute Gasteiger partial charge is 0.462 e. The minimum Gasteiger partial charge on any atom is -0.462 e. The maximum atomic E-state index is 11.8. The van der Waals surface area contributed by atoms with Gasteiger partial charge >= 0.3 is 11.9 Å². The van der Waals surface area contributed by atoms with Gasteiger partial charge in [-0.15, -0.1) is 0 Å². The van der Waals surface area contributed by atoms with E-state index in [0.717, 1.165) is 5.69 Å². The van der Waals surface area contributed by atoms with Gasteiger partial charge in [-0.25, -0.2) is 9.59 Å². The van der Waals surface area contributed by atoms with Gasteiger partial charge in [-0.3, -0.25) is 0 Å². The van der Waals surface area contributed by atoms with E-state index in [1.807, 2.05) is 24.3 Å². The van der Waals surface area contributed by atoms with Crippen molar-refractivity contribution in [2.24, 2.45) is 0 Å². The molecule has 0 saturated carbocycles. The van der Waals surface area contributed by atoms with Gasteiger partial charge in [0, 0.05) is 11.9 Å². The summed E-state index contributed by atoms with van der Waals surface area (Å²) in [6.07, 6.45) is 1.32. The van der Waals surface area contributed by atoms with E-state index in [0.29, 0.717) is 5.92 Å². The summed E-state index contributed by atoms with van der Waals surface area (Å²) in [4.78, 5) is 23.6. The minimum absolute atomic E-state index is 0.156. The molecule has 0 saturated heterocycles. The molecular formula is C17H23NO4. The molecule has 0 aliphatic carbocycles. The van der Waals surface area contributed by atoms with E-state index < -0.39 is 11.9 Å². The van der Waals surface area contributed by atoms with Crippen molar-refractivity contribution >= 4 is 17.6 Å². The average Bonchev–Trinajstić information content (AvgIpc) is 2.48. The van der Waals surface area contributed by atoms with E-state index in [9.17, 15) is 9.59 Å². The lowest BCUT2D eigenvalue weighted by Crippen LogP contribution is -2.19. The highest BCUT2D eigenvalue weighted by atomic mass is 16.6. The second-order valence-corrected chi connectivity index (χ2v) is 4.92. The first-order chi connectivity index (χ1) is 10.5. The van der Waals surface area contributed by atoms with Crippen molar-refractivity contribution in [1.82, 2.24) is 0 Å². The van der Waals surface area contributed by atoms with Gasteiger partial charge in [0.15, 0.2) is 5.57 Å². The number of rotatable bonds is 7. The Kier molecular flexibility index (Phi) is 7.16. The number of hydrogen-bond acceptors (Lipinski definition) is 5. The van der Waals surface area contributed by atoms with Gasteiger partial charge in [0.25, 0.3) is 0 Å². The van der Waals surface area contributed by atoms with Gasteiger partial charge in [0.2, 0.25) is 0 Å². The molecule has 0 bridgehead atoms. The summed E-state index contributed by atoms with van der Waals surface area (Å²) in [6.45, 7) is 7.97. The number of hydrogen-bond donors (Lipinski definition) is 1. The number of carbonyl (C=O) groups is 2. The lowest BCUT2D eigenvalue weighted by Gasteiger charge is -2.09. The zero-order chi connectivity index (χ0) is 16.5. The Hall–Kier alpha value is -2.30. The Labute approximate surface area is 131 Å². The summed E-state index contributed by atoms with van der Waals surface area (Å²) in [5.74, 6) is -0.960. The average molecular weight is 305 g/mol. The predicted octanol–water partition coefficient (Wildman–Crippen LogP) is 3.23. The van der Waals surface area contributed by atoms with Crippen LogP contribution in [0.4, 0.5) is 5.69 Å². The number of carbonyl (C=O) groups excluding carboxylic acids is 2. The van der Waals surface area contributed by atoms with Crippen LogP contribution in [0.3, 0.4) is 0 Å². The Morgan fingerprint density at radius 2 is 1.55 bits per heavy atom. The van der Waals surface area contributed by atoms with Crippen LogP contribution in [0.15, 0.2) is 36.0 Å². The molecule has 1 aromatic carbocycles. The maximum absolute atomic E-state index is 11.8. The fraction of sp³-hybridized carbons (Fsp3) is 0.412. The Morgan fingerprint density at radius 3 is 1.95 bits per heavy atom. The number of nitrogens with one attached hydrogen (secondary N) is 1. The summed E-state index contributed by atoms with van der Waals surface area (Å²) >= 11 is 0. The summed E-state index contributed by atoms with van der Waals surface area (Å²) in [5, 5.41) is 2.93. The molecule has 0 radical (unpaired) electrons. The first kappa shape index (κ1) is 17.8. The van der Waals surface area contributed by atoms with Gasteiger partial charge in [0.05, 0.1) is 13.2 Å². The number of esters is 2. The molecule has 0 aliphatic heterocycles. The highest BCUT2D eigenvalue weighted by molar-refractivity contribution is 6.14. The summed E-state index contributed by atoms with van der Waals surface area (Å²) < 4.78 is 9.72. The monoisotopic (exact) mass is 305 g/mol. The lowest BCUT2D eigenvalue weighted by molar-refractivity contribution is -0.146. The molecule has 0 aromatic heterocycles. The van der Waals surface area contributed by atoms with Crippen molar-refractivity contribution in [2.45, 2.75) is 33.6 Å². The second kappa shape index (κ2) is 8.87. The predicted molar refractivity (Wildman–Crippen MR) is 85.5 cm³/mol. The molecule has 0 fully saturated rings. The molecular weight excluding hydrogens is 282 g/mol. The van der Waals surface area contributed by atoms with E-state index in [-0.39, 0.29) is 18.8 Å². The van der Waals surface area contributed by atoms with E-state index in [1.54, 1.807) is 13.8 Å². The van der Waals surface area contributed by atoms with Crippen molar-refractivity contribution in [3.63, 3.8) is 0 Å². The van der Waals surface area contributed by atoms with Crippen molar-refractivity contribution in [3.05, 3.63) is 41.6 Å². The van der Waals surface area contributed by atoms with E-state index in [4.69, 9.17) is 9.47 Å². The molecule has 1 rings (SSSR count). The molecule has 5 heteroatoms. The molecule has 1 N–H and O–H groups in total. The van der Waals surface area contributed by atoms with Crippen molar-refractivity contribution < 1.29 is 19.1 Å². The van der Waals surface area contributed by atoms with E-state index in [1.165, 1.54) is 11.8 Å². The quantitative estimate of drug-likeness (QED) is 0.362. The van der Waals surface area contributed by atoms with Gasteiger partial charge in [-0.05, 0) is 37.5 Å². The summed E-state index contributed by atoms with van der Waals surface area (Å²) in [6, 6.07) is 7.77. The lowest BCUT2D eigenvalue weighted by atomic mass is 10.0. The standard InChI is InChI=1S/C17H23NO4/c1-5-21-16(19)15(17(20)22-6-2)11-18-14-9-7-13(8-10-14)12(3)4/h7-12,18H,5-6H2,1-4H3. The SMILES string of the molecule is CCOC(=O)C(=CNc1ccc(C(C)C)cc1)C(=O)OCC. The number of ether oxygens (including phenoxy) is 2. The Balaban J connectivity index is 2.87. The van der Waals surface area contributed by atoms with Crippen LogP contribution in [-0.4, -0.2) is 25.2 Å². The van der Waals surface area contributed by atoms with Gasteiger partial charge in [-0.1, -0.05) is 26.0 Å². The minimum atomic E-state index is -0.702. The summed E-state index contributed by atoms with van der Waals surface area (Å²) in [7, 11) is 0. The van der Waals surface area contributed by atoms with E-state index in [2.05, 4.69) is 19.2 Å². The molecule has 0 amide bonds. The third-order valence-electron chi connectivity index (χ3n) is 2.95. The third kappa shape index (κ3) is 5.24. The van der Waals surface area contributed by atoms with Crippen LogP contribution in [0.2, 0.25) is 0 Å². The van der Waals surface area contributed by atoms with Crippen molar-refractivity contribution in [3.8, 4) is 0 Å². The number of anilines is 1. The van der Waals surface area contributed by atoms with Gasteiger partial charge < -0.3 is 14.8 Å². The first-order valence-corrected chi connectivity index (χ1v) is 7.40.